The molecule has 0 fully saturated rings. The standard InChI is InChI=1S/C11H12FN/c1-9-5-4-7-11(12)10(9)6-2-3-8-13/h4-5,7H,3,8,13H2,1H3. The van der Waals surface area contributed by atoms with E-state index in [-0.39, 0.29) is 5.82 Å². The summed E-state index contributed by atoms with van der Waals surface area (Å²) < 4.78 is 13.1. The normalized spacial score (nSPS) is 9.15. The average Bonchev–Trinajstić information content (AvgIpc) is 2.10. The van der Waals surface area contributed by atoms with Gasteiger partial charge in [0.15, 0.2) is 0 Å². The van der Waals surface area contributed by atoms with Crippen LogP contribution in [0.1, 0.15) is 17.5 Å². The lowest BCUT2D eigenvalue weighted by molar-refractivity contribution is 0.623. The zero-order valence-corrected chi connectivity index (χ0v) is 7.60. The molecule has 0 heterocycles. The molecule has 0 radical (unpaired) electrons. The Morgan fingerprint density at radius 1 is 1.46 bits per heavy atom. The van der Waals surface area contributed by atoms with Crippen LogP contribution in [0.3, 0.4) is 0 Å². The maximum absolute atomic E-state index is 13.1. The Kier molecular flexibility index (Phi) is 3.48. The van der Waals surface area contributed by atoms with Gasteiger partial charge in [0.25, 0.3) is 0 Å². The van der Waals surface area contributed by atoms with E-state index in [4.69, 9.17) is 5.73 Å². The Bertz CT molecular complexity index is 327. The molecule has 0 aliphatic carbocycles. The maximum atomic E-state index is 13.1. The minimum absolute atomic E-state index is 0.260. The Labute approximate surface area is 77.8 Å². The van der Waals surface area contributed by atoms with Gasteiger partial charge in [0.1, 0.15) is 5.82 Å². The molecule has 0 bridgehead atoms. The Morgan fingerprint density at radius 3 is 2.85 bits per heavy atom. The van der Waals surface area contributed by atoms with Crippen LogP contribution in [0.25, 0.3) is 0 Å². The predicted molar refractivity (Wildman–Crippen MR) is 51.7 cm³/mol. The largest absolute Gasteiger partial charge is 0.330 e. The summed E-state index contributed by atoms with van der Waals surface area (Å²) in [7, 11) is 0. The van der Waals surface area contributed by atoms with E-state index in [2.05, 4.69) is 11.8 Å². The summed E-state index contributed by atoms with van der Waals surface area (Å²) in [4.78, 5) is 0. The summed E-state index contributed by atoms with van der Waals surface area (Å²) in [5.41, 5.74) is 6.62. The van der Waals surface area contributed by atoms with Crippen LogP contribution in [0, 0.1) is 24.6 Å². The van der Waals surface area contributed by atoms with Crippen molar-refractivity contribution in [2.75, 3.05) is 6.54 Å². The third kappa shape index (κ3) is 2.57. The second-order valence-electron chi connectivity index (χ2n) is 2.77. The van der Waals surface area contributed by atoms with E-state index in [0.29, 0.717) is 18.5 Å². The van der Waals surface area contributed by atoms with Gasteiger partial charge in [-0.15, -0.1) is 0 Å². The van der Waals surface area contributed by atoms with Gasteiger partial charge in [-0.2, -0.15) is 0 Å². The van der Waals surface area contributed by atoms with Crippen molar-refractivity contribution in [2.24, 2.45) is 5.73 Å². The Morgan fingerprint density at radius 2 is 2.23 bits per heavy atom. The lowest BCUT2D eigenvalue weighted by Gasteiger charge is -1.97. The fraction of sp³-hybridized carbons (Fsp3) is 0.273. The number of benzene rings is 1. The molecule has 0 amide bonds. The van der Waals surface area contributed by atoms with E-state index < -0.39 is 0 Å². The van der Waals surface area contributed by atoms with Crippen molar-refractivity contribution < 1.29 is 4.39 Å². The molecule has 2 N–H and O–H groups in total. The molecule has 68 valence electrons. The van der Waals surface area contributed by atoms with Crippen LogP contribution in [-0.2, 0) is 0 Å². The SMILES string of the molecule is Cc1cccc(F)c1C#CCCN. The van der Waals surface area contributed by atoms with Gasteiger partial charge < -0.3 is 5.73 Å². The fourth-order valence-corrected chi connectivity index (χ4v) is 1.01. The molecule has 0 spiro atoms. The van der Waals surface area contributed by atoms with E-state index in [0.717, 1.165) is 5.56 Å². The van der Waals surface area contributed by atoms with Crippen molar-refractivity contribution in [3.8, 4) is 11.8 Å². The molecule has 13 heavy (non-hydrogen) atoms. The van der Waals surface area contributed by atoms with Gasteiger partial charge in [-0.25, -0.2) is 4.39 Å². The van der Waals surface area contributed by atoms with Crippen molar-refractivity contribution in [1.29, 1.82) is 0 Å². The highest BCUT2D eigenvalue weighted by atomic mass is 19.1. The summed E-state index contributed by atoms with van der Waals surface area (Å²) in [6.45, 7) is 2.36. The lowest BCUT2D eigenvalue weighted by Crippen LogP contribution is -1.96. The zero-order chi connectivity index (χ0) is 9.68. The van der Waals surface area contributed by atoms with Crippen LogP contribution < -0.4 is 5.73 Å². The second kappa shape index (κ2) is 4.64. The molecule has 1 aromatic rings. The van der Waals surface area contributed by atoms with Gasteiger partial charge in [-0.1, -0.05) is 24.0 Å². The molecule has 0 aliphatic rings. The highest BCUT2D eigenvalue weighted by Gasteiger charge is 1.99. The summed E-state index contributed by atoms with van der Waals surface area (Å²) in [6, 6.07) is 4.94. The minimum atomic E-state index is -0.260. The summed E-state index contributed by atoms with van der Waals surface area (Å²) >= 11 is 0. The molecule has 0 saturated heterocycles. The lowest BCUT2D eigenvalue weighted by atomic mass is 10.1. The number of aryl methyl sites for hydroxylation is 1. The number of halogens is 1. The summed E-state index contributed by atoms with van der Waals surface area (Å²) in [5.74, 6) is 5.34. The Hall–Kier alpha value is -1.33. The highest BCUT2D eigenvalue weighted by Crippen LogP contribution is 2.10. The predicted octanol–water partition coefficient (Wildman–Crippen LogP) is 1.83. The molecule has 0 unspecified atom stereocenters. The molecule has 0 aromatic heterocycles. The third-order valence-corrected chi connectivity index (χ3v) is 1.70. The van der Waals surface area contributed by atoms with E-state index in [1.54, 1.807) is 6.07 Å². The maximum Gasteiger partial charge on any atom is 0.139 e. The molecule has 1 aromatic carbocycles. The topological polar surface area (TPSA) is 26.0 Å². The van der Waals surface area contributed by atoms with E-state index >= 15 is 0 Å². The average molecular weight is 177 g/mol. The quantitative estimate of drug-likeness (QED) is 0.651. The van der Waals surface area contributed by atoms with Crippen LogP contribution in [0.5, 0.6) is 0 Å². The van der Waals surface area contributed by atoms with Crippen LogP contribution >= 0.6 is 0 Å². The molecule has 0 aliphatic heterocycles. The minimum Gasteiger partial charge on any atom is -0.330 e. The Balaban J connectivity index is 2.95. The first-order valence-corrected chi connectivity index (χ1v) is 4.19. The van der Waals surface area contributed by atoms with Crippen molar-refractivity contribution in [3.05, 3.63) is 35.1 Å². The second-order valence-corrected chi connectivity index (χ2v) is 2.77. The first-order chi connectivity index (χ1) is 6.25. The first kappa shape index (κ1) is 9.76. The number of hydrogen-bond acceptors (Lipinski definition) is 1. The molecule has 1 nitrogen and oxygen atoms in total. The van der Waals surface area contributed by atoms with E-state index in [1.165, 1.54) is 6.07 Å². The summed E-state index contributed by atoms with van der Waals surface area (Å²) in [6.07, 6.45) is 0.605. The molecular formula is C11H12FN. The van der Waals surface area contributed by atoms with E-state index in [1.807, 2.05) is 13.0 Å². The molecule has 0 saturated carbocycles. The highest BCUT2D eigenvalue weighted by molar-refractivity contribution is 5.41. The number of nitrogens with two attached hydrogens (primary N) is 1. The van der Waals surface area contributed by atoms with Crippen molar-refractivity contribution in [1.82, 2.24) is 0 Å². The monoisotopic (exact) mass is 177 g/mol. The van der Waals surface area contributed by atoms with Crippen LogP contribution in [0.15, 0.2) is 18.2 Å². The van der Waals surface area contributed by atoms with Crippen molar-refractivity contribution in [2.45, 2.75) is 13.3 Å². The summed E-state index contributed by atoms with van der Waals surface area (Å²) in [5, 5.41) is 0. The van der Waals surface area contributed by atoms with Gasteiger partial charge in [0.2, 0.25) is 0 Å². The van der Waals surface area contributed by atoms with Crippen molar-refractivity contribution >= 4 is 0 Å². The number of rotatable bonds is 1. The molecule has 2 heteroatoms. The van der Waals surface area contributed by atoms with E-state index in [9.17, 15) is 4.39 Å². The smallest absolute Gasteiger partial charge is 0.139 e. The number of hydrogen-bond donors (Lipinski definition) is 1. The van der Waals surface area contributed by atoms with Gasteiger partial charge in [0, 0.05) is 13.0 Å². The van der Waals surface area contributed by atoms with Gasteiger partial charge in [-0.05, 0) is 18.6 Å². The molecule has 0 atom stereocenters. The first-order valence-electron chi connectivity index (χ1n) is 4.19. The third-order valence-electron chi connectivity index (χ3n) is 1.70. The van der Waals surface area contributed by atoms with Crippen LogP contribution in [-0.4, -0.2) is 6.54 Å². The van der Waals surface area contributed by atoms with Gasteiger partial charge >= 0.3 is 0 Å². The molecule has 1 rings (SSSR count). The molecular weight excluding hydrogens is 165 g/mol. The van der Waals surface area contributed by atoms with Gasteiger partial charge in [-0.3, -0.25) is 0 Å². The van der Waals surface area contributed by atoms with Crippen LogP contribution in [0.4, 0.5) is 4.39 Å². The zero-order valence-electron chi connectivity index (χ0n) is 7.60. The van der Waals surface area contributed by atoms with Crippen molar-refractivity contribution in [3.63, 3.8) is 0 Å². The van der Waals surface area contributed by atoms with Crippen LogP contribution in [0.2, 0.25) is 0 Å². The van der Waals surface area contributed by atoms with Gasteiger partial charge in [0.05, 0.1) is 5.56 Å². The fourth-order valence-electron chi connectivity index (χ4n) is 1.01.